The molecule has 1 aromatic carbocycles. The summed E-state index contributed by atoms with van der Waals surface area (Å²) in [5, 5.41) is 9.95. The van der Waals surface area contributed by atoms with Crippen LogP contribution >= 0.6 is 0 Å². The van der Waals surface area contributed by atoms with Gasteiger partial charge in [-0.05, 0) is 38.3 Å². The first-order chi connectivity index (χ1) is 10.2. The Balaban J connectivity index is 2.29. The lowest BCUT2D eigenvalue weighted by atomic mass is 9.93. The molecule has 1 amide bonds. The van der Waals surface area contributed by atoms with Crippen molar-refractivity contribution in [3.05, 3.63) is 35.4 Å². The lowest BCUT2D eigenvalue weighted by Crippen LogP contribution is -2.48. The average Bonchev–Trinajstić information content (AvgIpc) is 2.54. The highest BCUT2D eigenvalue weighted by atomic mass is 19.2. The Kier molecular flexibility index (Phi) is 4.82. The normalized spacial score (nSPS) is 23.5. The van der Waals surface area contributed by atoms with E-state index in [-0.39, 0.29) is 30.5 Å². The van der Waals surface area contributed by atoms with Crippen LogP contribution in [0.25, 0.3) is 0 Å². The Labute approximate surface area is 128 Å². The molecule has 122 valence electrons. The van der Waals surface area contributed by atoms with Crippen LogP contribution in [0, 0.1) is 11.6 Å². The van der Waals surface area contributed by atoms with Gasteiger partial charge in [0.2, 0.25) is 5.91 Å². The highest BCUT2D eigenvalue weighted by Gasteiger charge is 2.33. The van der Waals surface area contributed by atoms with E-state index in [0.717, 1.165) is 6.07 Å². The predicted octanol–water partition coefficient (Wildman–Crippen LogP) is 1.77. The number of nitrogens with zero attached hydrogens (tertiary/aromatic N) is 1. The first kappa shape index (κ1) is 16.8. The van der Waals surface area contributed by atoms with Crippen molar-refractivity contribution in [2.24, 2.45) is 5.73 Å². The summed E-state index contributed by atoms with van der Waals surface area (Å²) in [4.78, 5) is 13.7. The molecule has 4 nitrogen and oxygen atoms in total. The molecular formula is C16H22F2N2O2. The summed E-state index contributed by atoms with van der Waals surface area (Å²) in [5.74, 6) is -2.37. The van der Waals surface area contributed by atoms with Crippen molar-refractivity contribution in [1.82, 2.24) is 4.90 Å². The summed E-state index contributed by atoms with van der Waals surface area (Å²) in [6.07, 6.45) is 0.900. The standard InChI is InChI=1S/C16H22F2N2O2/c1-16(2,22)9-20-8-10(6-7-13(19)15(20)21)11-4-3-5-12(17)14(11)18/h3-5,10,13,22H,6-9,19H2,1-2H3/t10-,13-/m1/s1. The van der Waals surface area contributed by atoms with Gasteiger partial charge in [0.05, 0.1) is 11.6 Å². The van der Waals surface area contributed by atoms with Crippen molar-refractivity contribution >= 4 is 5.91 Å². The van der Waals surface area contributed by atoms with Crippen LogP contribution in [0.5, 0.6) is 0 Å². The summed E-state index contributed by atoms with van der Waals surface area (Å²) in [6.45, 7) is 3.51. The zero-order valence-corrected chi connectivity index (χ0v) is 12.9. The number of likely N-dealkylation sites (tertiary alicyclic amines) is 1. The number of carbonyl (C=O) groups is 1. The van der Waals surface area contributed by atoms with Gasteiger partial charge in [0.25, 0.3) is 0 Å². The van der Waals surface area contributed by atoms with Gasteiger partial charge in [-0.25, -0.2) is 8.78 Å². The van der Waals surface area contributed by atoms with Crippen molar-refractivity contribution < 1.29 is 18.7 Å². The number of aliphatic hydroxyl groups is 1. The summed E-state index contributed by atoms with van der Waals surface area (Å²) in [5.41, 5.74) is 5.03. The van der Waals surface area contributed by atoms with Gasteiger partial charge in [0.1, 0.15) is 0 Å². The number of carbonyl (C=O) groups excluding carboxylic acids is 1. The van der Waals surface area contributed by atoms with E-state index < -0.39 is 23.3 Å². The molecule has 2 atom stereocenters. The SMILES string of the molecule is CC(C)(O)CN1C[C@H](c2cccc(F)c2F)CC[C@@H](N)C1=O. The number of amides is 1. The van der Waals surface area contributed by atoms with Gasteiger partial charge in [0, 0.05) is 19.0 Å². The molecule has 0 unspecified atom stereocenters. The Morgan fingerprint density at radius 3 is 2.68 bits per heavy atom. The van der Waals surface area contributed by atoms with Gasteiger partial charge in [-0.15, -0.1) is 0 Å². The topological polar surface area (TPSA) is 66.6 Å². The fourth-order valence-electron chi connectivity index (χ4n) is 2.89. The van der Waals surface area contributed by atoms with Crippen LogP contribution in [0.4, 0.5) is 8.78 Å². The summed E-state index contributed by atoms with van der Waals surface area (Å²) in [6, 6.07) is 3.39. The Morgan fingerprint density at radius 2 is 2.05 bits per heavy atom. The van der Waals surface area contributed by atoms with Crippen LogP contribution in [0.1, 0.15) is 38.2 Å². The number of β-amino-alcohol motifs (C(OH)–C–C–N with tert-alkyl or cyclic N) is 1. The Morgan fingerprint density at radius 1 is 1.36 bits per heavy atom. The molecule has 0 spiro atoms. The molecule has 1 heterocycles. The summed E-state index contributed by atoms with van der Waals surface area (Å²) in [7, 11) is 0. The van der Waals surface area contributed by atoms with Crippen molar-refractivity contribution in [3.8, 4) is 0 Å². The largest absolute Gasteiger partial charge is 0.389 e. The number of nitrogens with two attached hydrogens (primary N) is 1. The van der Waals surface area contributed by atoms with Crippen LogP contribution in [0.3, 0.4) is 0 Å². The second-order valence-electron chi connectivity index (χ2n) is 6.56. The molecule has 3 N–H and O–H groups in total. The second kappa shape index (κ2) is 6.30. The van der Waals surface area contributed by atoms with Crippen LogP contribution < -0.4 is 5.73 Å². The maximum atomic E-state index is 14.0. The molecule has 0 saturated carbocycles. The van der Waals surface area contributed by atoms with Crippen LogP contribution in [0.15, 0.2) is 18.2 Å². The molecule has 2 rings (SSSR count). The van der Waals surface area contributed by atoms with Crippen LogP contribution in [0.2, 0.25) is 0 Å². The smallest absolute Gasteiger partial charge is 0.239 e. The first-order valence-electron chi connectivity index (χ1n) is 7.39. The van der Waals surface area contributed by atoms with E-state index >= 15 is 0 Å². The van der Waals surface area contributed by atoms with Crippen molar-refractivity contribution in [2.75, 3.05) is 13.1 Å². The van der Waals surface area contributed by atoms with Gasteiger partial charge in [-0.2, -0.15) is 0 Å². The van der Waals surface area contributed by atoms with E-state index in [9.17, 15) is 18.7 Å². The van der Waals surface area contributed by atoms with E-state index in [4.69, 9.17) is 5.73 Å². The molecule has 0 radical (unpaired) electrons. The lowest BCUT2D eigenvalue weighted by Gasteiger charge is -2.31. The van der Waals surface area contributed by atoms with Gasteiger partial charge in [-0.1, -0.05) is 12.1 Å². The third kappa shape index (κ3) is 3.81. The lowest BCUT2D eigenvalue weighted by molar-refractivity contribution is -0.135. The zero-order chi connectivity index (χ0) is 16.5. The number of hydrogen-bond donors (Lipinski definition) is 2. The number of hydrogen-bond acceptors (Lipinski definition) is 3. The monoisotopic (exact) mass is 312 g/mol. The molecule has 1 aromatic rings. The van der Waals surface area contributed by atoms with Crippen molar-refractivity contribution in [2.45, 2.75) is 44.2 Å². The van der Waals surface area contributed by atoms with Crippen molar-refractivity contribution in [3.63, 3.8) is 0 Å². The Bertz CT molecular complexity index is 558. The molecule has 0 aliphatic carbocycles. The van der Waals surface area contributed by atoms with Crippen molar-refractivity contribution in [1.29, 1.82) is 0 Å². The maximum absolute atomic E-state index is 14.0. The van der Waals surface area contributed by atoms with E-state index in [0.29, 0.717) is 12.8 Å². The minimum Gasteiger partial charge on any atom is -0.389 e. The maximum Gasteiger partial charge on any atom is 0.239 e. The van der Waals surface area contributed by atoms with Crippen LogP contribution in [-0.4, -0.2) is 40.6 Å². The quantitative estimate of drug-likeness (QED) is 0.894. The third-order valence-corrected chi connectivity index (χ3v) is 3.89. The van der Waals surface area contributed by atoms with Crippen LogP contribution in [-0.2, 0) is 4.79 Å². The molecule has 0 aromatic heterocycles. The number of halogens is 2. The van der Waals surface area contributed by atoms with Gasteiger partial charge >= 0.3 is 0 Å². The average molecular weight is 312 g/mol. The molecule has 1 saturated heterocycles. The minimum atomic E-state index is -1.08. The Hall–Kier alpha value is -1.53. The molecule has 1 aliphatic rings. The highest BCUT2D eigenvalue weighted by Crippen LogP contribution is 2.30. The first-order valence-corrected chi connectivity index (χ1v) is 7.39. The molecule has 6 heteroatoms. The molecule has 1 fully saturated rings. The van der Waals surface area contributed by atoms with E-state index in [1.807, 2.05) is 0 Å². The third-order valence-electron chi connectivity index (χ3n) is 3.89. The van der Waals surface area contributed by atoms with Gasteiger partial charge in [0.15, 0.2) is 11.6 Å². The van der Waals surface area contributed by atoms with E-state index in [2.05, 4.69) is 0 Å². The second-order valence-corrected chi connectivity index (χ2v) is 6.56. The molecule has 1 aliphatic heterocycles. The predicted molar refractivity (Wildman–Crippen MR) is 79.2 cm³/mol. The number of benzene rings is 1. The molecule has 22 heavy (non-hydrogen) atoms. The number of rotatable bonds is 3. The minimum absolute atomic E-state index is 0.104. The van der Waals surface area contributed by atoms with E-state index in [1.54, 1.807) is 13.8 Å². The van der Waals surface area contributed by atoms with Gasteiger partial charge < -0.3 is 15.7 Å². The molecule has 0 bridgehead atoms. The van der Waals surface area contributed by atoms with E-state index in [1.165, 1.54) is 17.0 Å². The van der Waals surface area contributed by atoms with Gasteiger partial charge in [-0.3, -0.25) is 4.79 Å². The summed E-state index contributed by atoms with van der Waals surface area (Å²) < 4.78 is 27.5. The fourth-order valence-corrected chi connectivity index (χ4v) is 2.89. The molecular weight excluding hydrogens is 290 g/mol. The zero-order valence-electron chi connectivity index (χ0n) is 12.9. The highest BCUT2D eigenvalue weighted by molar-refractivity contribution is 5.82. The fraction of sp³-hybridized carbons (Fsp3) is 0.562. The summed E-state index contributed by atoms with van der Waals surface area (Å²) >= 11 is 0.